The molecule has 0 radical (unpaired) electrons. The molecule has 19 heavy (non-hydrogen) atoms. The number of benzene rings is 2. The van der Waals surface area contributed by atoms with Gasteiger partial charge in [-0.3, -0.25) is 0 Å². The number of carbonyl (C=O) groups is 1. The van der Waals surface area contributed by atoms with E-state index < -0.39 is 0 Å². The standard InChI is InChI=1S/C16H16O3/c1-11-4-6-12(7-5-11)13-8-14(16(17)19-3)10-15(9-13)18-2/h4-10H,1-3H3. The Hall–Kier alpha value is -2.29. The van der Waals surface area contributed by atoms with Crippen LogP contribution in [0.2, 0.25) is 0 Å². The molecule has 0 saturated carbocycles. The Morgan fingerprint density at radius 3 is 2.21 bits per heavy atom. The van der Waals surface area contributed by atoms with E-state index in [9.17, 15) is 4.79 Å². The van der Waals surface area contributed by atoms with E-state index in [1.807, 2.05) is 37.3 Å². The van der Waals surface area contributed by atoms with Gasteiger partial charge in [-0.05, 0) is 36.2 Å². The first-order chi connectivity index (χ1) is 9.13. The molecule has 0 heterocycles. The Labute approximate surface area is 112 Å². The summed E-state index contributed by atoms with van der Waals surface area (Å²) in [5, 5.41) is 0. The summed E-state index contributed by atoms with van der Waals surface area (Å²) in [5.41, 5.74) is 3.65. The molecule has 0 N–H and O–H groups in total. The quantitative estimate of drug-likeness (QED) is 0.789. The lowest BCUT2D eigenvalue weighted by molar-refractivity contribution is 0.0600. The summed E-state index contributed by atoms with van der Waals surface area (Å²) in [6.45, 7) is 2.04. The predicted molar refractivity (Wildman–Crippen MR) is 74.5 cm³/mol. The molecule has 2 aromatic carbocycles. The van der Waals surface area contributed by atoms with Gasteiger partial charge in [0, 0.05) is 0 Å². The molecule has 0 unspecified atom stereocenters. The van der Waals surface area contributed by atoms with Gasteiger partial charge in [-0.1, -0.05) is 29.8 Å². The van der Waals surface area contributed by atoms with Crippen LogP contribution in [-0.2, 0) is 4.74 Å². The number of esters is 1. The number of ether oxygens (including phenoxy) is 2. The molecule has 3 heteroatoms. The van der Waals surface area contributed by atoms with Gasteiger partial charge in [0.25, 0.3) is 0 Å². The highest BCUT2D eigenvalue weighted by Gasteiger charge is 2.10. The van der Waals surface area contributed by atoms with Crippen LogP contribution in [0.1, 0.15) is 15.9 Å². The van der Waals surface area contributed by atoms with E-state index in [4.69, 9.17) is 9.47 Å². The highest BCUT2D eigenvalue weighted by atomic mass is 16.5. The Bertz CT molecular complexity index is 585. The maximum absolute atomic E-state index is 11.6. The van der Waals surface area contributed by atoms with E-state index in [0.29, 0.717) is 11.3 Å². The van der Waals surface area contributed by atoms with Crippen LogP contribution in [0.25, 0.3) is 11.1 Å². The van der Waals surface area contributed by atoms with Crippen LogP contribution < -0.4 is 4.74 Å². The van der Waals surface area contributed by atoms with Gasteiger partial charge in [0.2, 0.25) is 0 Å². The average Bonchev–Trinajstić information content (AvgIpc) is 2.46. The molecule has 0 aliphatic heterocycles. The number of rotatable bonds is 3. The molecule has 0 atom stereocenters. The number of methoxy groups -OCH3 is 2. The third-order valence-corrected chi connectivity index (χ3v) is 2.95. The van der Waals surface area contributed by atoms with E-state index in [-0.39, 0.29) is 5.97 Å². The predicted octanol–water partition coefficient (Wildman–Crippen LogP) is 3.46. The molecular weight excluding hydrogens is 240 g/mol. The molecule has 0 aliphatic rings. The van der Waals surface area contributed by atoms with Crippen molar-refractivity contribution in [3.05, 3.63) is 53.6 Å². The monoisotopic (exact) mass is 256 g/mol. The minimum Gasteiger partial charge on any atom is -0.497 e. The van der Waals surface area contributed by atoms with Crippen molar-refractivity contribution < 1.29 is 14.3 Å². The largest absolute Gasteiger partial charge is 0.497 e. The van der Waals surface area contributed by atoms with Crippen molar-refractivity contribution in [2.45, 2.75) is 6.92 Å². The first kappa shape index (κ1) is 13.1. The number of aryl methyl sites for hydroxylation is 1. The van der Waals surface area contributed by atoms with E-state index in [2.05, 4.69) is 0 Å². The van der Waals surface area contributed by atoms with Crippen molar-refractivity contribution in [3.8, 4) is 16.9 Å². The van der Waals surface area contributed by atoms with Gasteiger partial charge in [-0.2, -0.15) is 0 Å². The Morgan fingerprint density at radius 1 is 0.947 bits per heavy atom. The highest BCUT2D eigenvalue weighted by molar-refractivity contribution is 5.91. The van der Waals surface area contributed by atoms with Gasteiger partial charge in [0.05, 0.1) is 19.8 Å². The lowest BCUT2D eigenvalue weighted by Crippen LogP contribution is -2.02. The van der Waals surface area contributed by atoms with Gasteiger partial charge in [-0.15, -0.1) is 0 Å². The molecular formula is C16H16O3. The minimum atomic E-state index is -0.368. The lowest BCUT2D eigenvalue weighted by Gasteiger charge is -2.08. The van der Waals surface area contributed by atoms with Gasteiger partial charge in [-0.25, -0.2) is 4.79 Å². The van der Waals surface area contributed by atoms with Crippen molar-refractivity contribution in [2.75, 3.05) is 14.2 Å². The summed E-state index contributed by atoms with van der Waals surface area (Å²) in [7, 11) is 2.95. The topological polar surface area (TPSA) is 35.5 Å². The summed E-state index contributed by atoms with van der Waals surface area (Å²) in [4.78, 5) is 11.6. The Balaban J connectivity index is 2.50. The minimum absolute atomic E-state index is 0.368. The summed E-state index contributed by atoms with van der Waals surface area (Å²) in [6, 6.07) is 13.5. The fourth-order valence-electron chi connectivity index (χ4n) is 1.87. The smallest absolute Gasteiger partial charge is 0.338 e. The zero-order valence-corrected chi connectivity index (χ0v) is 11.3. The normalized spacial score (nSPS) is 10.1. The van der Waals surface area contributed by atoms with E-state index in [1.54, 1.807) is 19.2 Å². The number of hydrogen-bond acceptors (Lipinski definition) is 3. The second kappa shape index (κ2) is 5.57. The van der Waals surface area contributed by atoms with Crippen LogP contribution >= 0.6 is 0 Å². The van der Waals surface area contributed by atoms with Crippen molar-refractivity contribution in [1.82, 2.24) is 0 Å². The molecule has 0 aliphatic carbocycles. The van der Waals surface area contributed by atoms with Crippen LogP contribution in [0.15, 0.2) is 42.5 Å². The molecule has 2 aromatic rings. The summed E-state index contributed by atoms with van der Waals surface area (Å²) < 4.78 is 9.98. The molecule has 0 spiro atoms. The summed E-state index contributed by atoms with van der Waals surface area (Å²) >= 11 is 0. The van der Waals surface area contributed by atoms with Crippen molar-refractivity contribution >= 4 is 5.97 Å². The molecule has 0 bridgehead atoms. The molecule has 0 aromatic heterocycles. The zero-order valence-electron chi connectivity index (χ0n) is 11.3. The molecule has 3 nitrogen and oxygen atoms in total. The van der Waals surface area contributed by atoms with Crippen LogP contribution in [0.5, 0.6) is 5.75 Å². The molecule has 0 saturated heterocycles. The van der Waals surface area contributed by atoms with E-state index >= 15 is 0 Å². The van der Waals surface area contributed by atoms with Gasteiger partial charge >= 0.3 is 5.97 Å². The third-order valence-electron chi connectivity index (χ3n) is 2.95. The van der Waals surface area contributed by atoms with Crippen molar-refractivity contribution in [2.24, 2.45) is 0 Å². The van der Waals surface area contributed by atoms with Crippen LogP contribution in [-0.4, -0.2) is 20.2 Å². The van der Waals surface area contributed by atoms with E-state index in [1.165, 1.54) is 12.7 Å². The van der Waals surface area contributed by atoms with Crippen molar-refractivity contribution in [1.29, 1.82) is 0 Å². The fraction of sp³-hybridized carbons (Fsp3) is 0.188. The Morgan fingerprint density at radius 2 is 1.63 bits per heavy atom. The van der Waals surface area contributed by atoms with Crippen LogP contribution in [0.3, 0.4) is 0 Å². The highest BCUT2D eigenvalue weighted by Crippen LogP contribution is 2.26. The maximum Gasteiger partial charge on any atom is 0.338 e. The van der Waals surface area contributed by atoms with Gasteiger partial charge in [0.1, 0.15) is 5.75 Å². The van der Waals surface area contributed by atoms with Gasteiger partial charge in [0.15, 0.2) is 0 Å². The van der Waals surface area contributed by atoms with Crippen LogP contribution in [0.4, 0.5) is 0 Å². The maximum atomic E-state index is 11.6. The van der Waals surface area contributed by atoms with Crippen LogP contribution in [0, 0.1) is 6.92 Å². The molecule has 2 rings (SSSR count). The summed E-state index contributed by atoms with van der Waals surface area (Å²) in [6.07, 6.45) is 0. The number of hydrogen-bond donors (Lipinski definition) is 0. The SMILES string of the molecule is COC(=O)c1cc(OC)cc(-c2ccc(C)cc2)c1. The summed E-state index contributed by atoms with van der Waals surface area (Å²) in [5.74, 6) is 0.269. The van der Waals surface area contributed by atoms with E-state index in [0.717, 1.165) is 11.1 Å². The van der Waals surface area contributed by atoms with Gasteiger partial charge < -0.3 is 9.47 Å². The molecule has 98 valence electrons. The second-order valence-corrected chi connectivity index (χ2v) is 4.31. The zero-order chi connectivity index (χ0) is 13.8. The Kier molecular flexibility index (Phi) is 3.85. The third kappa shape index (κ3) is 2.94. The average molecular weight is 256 g/mol. The molecule has 0 amide bonds. The second-order valence-electron chi connectivity index (χ2n) is 4.31. The molecule has 0 fully saturated rings. The fourth-order valence-corrected chi connectivity index (χ4v) is 1.87. The lowest BCUT2D eigenvalue weighted by atomic mass is 10.0. The number of carbonyl (C=O) groups excluding carboxylic acids is 1. The van der Waals surface area contributed by atoms with Crippen molar-refractivity contribution in [3.63, 3.8) is 0 Å². The first-order valence-corrected chi connectivity index (χ1v) is 5.98. The first-order valence-electron chi connectivity index (χ1n) is 5.98.